The van der Waals surface area contributed by atoms with Crippen LogP contribution in [-0.4, -0.2) is 63.0 Å². The van der Waals surface area contributed by atoms with Gasteiger partial charge in [0.25, 0.3) is 0 Å². The Morgan fingerprint density at radius 2 is 2.03 bits per heavy atom. The van der Waals surface area contributed by atoms with Crippen molar-refractivity contribution in [3.63, 3.8) is 0 Å². The van der Waals surface area contributed by atoms with Gasteiger partial charge in [-0.2, -0.15) is 5.10 Å². The molecule has 0 aliphatic carbocycles. The molecule has 8 heteroatoms. The fourth-order valence-electron chi connectivity index (χ4n) is 4.88. The number of aromatic nitrogens is 2. The molecule has 0 bridgehead atoms. The third kappa shape index (κ3) is 4.63. The summed E-state index contributed by atoms with van der Waals surface area (Å²) in [6.07, 6.45) is 3.33. The van der Waals surface area contributed by atoms with E-state index in [4.69, 9.17) is 0 Å². The Balaban J connectivity index is 1.57. The zero-order valence-electron chi connectivity index (χ0n) is 18.3. The topological polar surface area (TPSA) is 81.3 Å². The lowest BCUT2D eigenvalue weighted by atomic mass is 9.96. The van der Waals surface area contributed by atoms with E-state index in [1.165, 1.54) is 19.1 Å². The zero-order valence-corrected chi connectivity index (χ0v) is 18.3. The van der Waals surface area contributed by atoms with Gasteiger partial charge in [-0.3, -0.25) is 19.6 Å². The summed E-state index contributed by atoms with van der Waals surface area (Å²) in [4.78, 5) is 29.1. The van der Waals surface area contributed by atoms with Crippen molar-refractivity contribution >= 4 is 11.8 Å². The van der Waals surface area contributed by atoms with Crippen molar-refractivity contribution in [3.05, 3.63) is 41.8 Å². The van der Waals surface area contributed by atoms with Crippen LogP contribution in [0.1, 0.15) is 39.2 Å². The predicted molar refractivity (Wildman–Crippen MR) is 115 cm³/mol. The van der Waals surface area contributed by atoms with Gasteiger partial charge in [-0.15, -0.1) is 0 Å². The smallest absolute Gasteiger partial charge is 0.240 e. The molecule has 31 heavy (non-hydrogen) atoms. The first-order valence-corrected chi connectivity index (χ1v) is 10.9. The SMILES string of the molecule is CC(=O)N[C@H]1C[C@H]2CN(Cc3cn[nH]c3-c3ccc(F)cc3)[C@@H](CC(C)C)C(=O)N2C1. The Kier molecular flexibility index (Phi) is 6.09. The summed E-state index contributed by atoms with van der Waals surface area (Å²) in [6.45, 7) is 7.70. The number of nitrogens with zero attached hydrogens (tertiary/aromatic N) is 3. The van der Waals surface area contributed by atoms with Crippen LogP contribution >= 0.6 is 0 Å². The number of amides is 2. The number of rotatable bonds is 6. The summed E-state index contributed by atoms with van der Waals surface area (Å²) in [5.74, 6) is 0.181. The number of fused-ring (bicyclic) bond motifs is 1. The Labute approximate surface area is 182 Å². The van der Waals surface area contributed by atoms with Crippen molar-refractivity contribution in [2.45, 2.75) is 58.3 Å². The van der Waals surface area contributed by atoms with Gasteiger partial charge in [0.1, 0.15) is 5.82 Å². The monoisotopic (exact) mass is 427 g/mol. The van der Waals surface area contributed by atoms with Gasteiger partial charge in [-0.25, -0.2) is 4.39 Å². The maximum atomic E-state index is 13.4. The number of halogens is 1. The third-order valence-electron chi connectivity index (χ3n) is 6.19. The van der Waals surface area contributed by atoms with Crippen LogP contribution in [0.2, 0.25) is 0 Å². The summed E-state index contributed by atoms with van der Waals surface area (Å²) in [6, 6.07) is 6.23. The summed E-state index contributed by atoms with van der Waals surface area (Å²) < 4.78 is 13.4. The van der Waals surface area contributed by atoms with Crippen LogP contribution in [0.3, 0.4) is 0 Å². The average Bonchev–Trinajstić information content (AvgIpc) is 3.32. The molecule has 3 atom stereocenters. The Hall–Kier alpha value is -2.74. The first-order valence-electron chi connectivity index (χ1n) is 10.9. The van der Waals surface area contributed by atoms with E-state index >= 15 is 0 Å². The van der Waals surface area contributed by atoms with Crippen LogP contribution in [0.4, 0.5) is 4.39 Å². The van der Waals surface area contributed by atoms with E-state index in [2.05, 4.69) is 34.3 Å². The van der Waals surface area contributed by atoms with Crippen LogP contribution in [0.5, 0.6) is 0 Å². The van der Waals surface area contributed by atoms with Crippen LogP contribution in [0.15, 0.2) is 30.5 Å². The molecule has 1 aromatic carbocycles. The van der Waals surface area contributed by atoms with Gasteiger partial charge in [0.15, 0.2) is 0 Å². The Morgan fingerprint density at radius 1 is 1.29 bits per heavy atom. The van der Waals surface area contributed by atoms with E-state index < -0.39 is 0 Å². The fraction of sp³-hybridized carbons (Fsp3) is 0.522. The highest BCUT2D eigenvalue weighted by molar-refractivity contribution is 5.84. The van der Waals surface area contributed by atoms with Gasteiger partial charge in [-0.05, 0) is 43.0 Å². The molecule has 0 radical (unpaired) electrons. The molecule has 2 aromatic rings. The Bertz CT molecular complexity index is 942. The molecule has 2 fully saturated rings. The number of benzene rings is 1. The van der Waals surface area contributed by atoms with Gasteiger partial charge in [-0.1, -0.05) is 13.8 Å². The van der Waals surface area contributed by atoms with Crippen LogP contribution in [0.25, 0.3) is 11.3 Å². The van der Waals surface area contributed by atoms with Crippen molar-refractivity contribution in [1.29, 1.82) is 0 Å². The van der Waals surface area contributed by atoms with Crippen LogP contribution in [-0.2, 0) is 16.1 Å². The second-order valence-electron chi connectivity index (χ2n) is 9.13. The van der Waals surface area contributed by atoms with Gasteiger partial charge in [0.05, 0.1) is 17.9 Å². The van der Waals surface area contributed by atoms with E-state index in [0.29, 0.717) is 19.0 Å². The standard InChI is InChI=1S/C23H30FN5O2/c1-14(2)8-21-23(31)29-12-19(26-15(3)30)9-20(29)13-28(21)11-17-10-25-27-22(17)16-4-6-18(24)7-5-16/h4-7,10,14,19-21H,8-9,11-13H2,1-3H3,(H,25,27)(H,26,30)/t19-,20-,21-/m0/s1. The highest BCUT2D eigenvalue weighted by Crippen LogP contribution is 2.31. The lowest BCUT2D eigenvalue weighted by Gasteiger charge is -2.43. The minimum absolute atomic E-state index is 0.00908. The van der Waals surface area contributed by atoms with Gasteiger partial charge < -0.3 is 10.2 Å². The number of carbonyl (C=O) groups is 2. The molecule has 0 spiro atoms. The van der Waals surface area contributed by atoms with Gasteiger partial charge >= 0.3 is 0 Å². The van der Waals surface area contributed by atoms with E-state index in [1.807, 2.05) is 4.90 Å². The number of hydrogen-bond acceptors (Lipinski definition) is 4. The van der Waals surface area contributed by atoms with E-state index in [0.717, 1.165) is 36.2 Å². The number of aromatic amines is 1. The molecule has 2 N–H and O–H groups in total. The molecule has 3 heterocycles. The van der Waals surface area contributed by atoms with Crippen molar-refractivity contribution in [3.8, 4) is 11.3 Å². The molecule has 166 valence electrons. The molecule has 2 aliphatic heterocycles. The largest absolute Gasteiger partial charge is 0.352 e. The van der Waals surface area contributed by atoms with Crippen molar-refractivity contribution in [2.75, 3.05) is 13.1 Å². The van der Waals surface area contributed by atoms with Crippen LogP contribution < -0.4 is 5.32 Å². The minimum Gasteiger partial charge on any atom is -0.352 e. The number of piperazine rings is 1. The number of H-pyrrole nitrogens is 1. The predicted octanol–water partition coefficient (Wildman–Crippen LogP) is 2.55. The maximum absolute atomic E-state index is 13.4. The van der Waals surface area contributed by atoms with Crippen LogP contribution in [0, 0.1) is 11.7 Å². The lowest BCUT2D eigenvalue weighted by Crippen LogP contribution is -2.59. The molecule has 0 saturated carbocycles. The molecule has 2 aliphatic rings. The summed E-state index contributed by atoms with van der Waals surface area (Å²) in [7, 11) is 0. The molecule has 4 rings (SSSR count). The quantitative estimate of drug-likeness (QED) is 0.743. The minimum atomic E-state index is -0.279. The molecular weight excluding hydrogens is 397 g/mol. The number of nitrogens with one attached hydrogen (secondary N) is 2. The molecular formula is C23H30FN5O2. The van der Waals surface area contributed by atoms with E-state index in [-0.39, 0.29) is 35.8 Å². The first-order chi connectivity index (χ1) is 14.8. The maximum Gasteiger partial charge on any atom is 0.240 e. The lowest BCUT2D eigenvalue weighted by molar-refractivity contribution is -0.145. The summed E-state index contributed by atoms with van der Waals surface area (Å²) in [5.41, 5.74) is 2.70. The highest BCUT2D eigenvalue weighted by Gasteiger charge is 2.45. The molecule has 2 saturated heterocycles. The van der Waals surface area contributed by atoms with E-state index in [1.54, 1.807) is 18.3 Å². The second-order valence-corrected chi connectivity index (χ2v) is 9.13. The van der Waals surface area contributed by atoms with Gasteiger partial charge in [0.2, 0.25) is 11.8 Å². The van der Waals surface area contributed by atoms with Crippen molar-refractivity contribution in [1.82, 2.24) is 25.3 Å². The Morgan fingerprint density at radius 3 is 2.71 bits per heavy atom. The number of hydrogen-bond donors (Lipinski definition) is 2. The molecule has 7 nitrogen and oxygen atoms in total. The molecule has 0 unspecified atom stereocenters. The van der Waals surface area contributed by atoms with Crippen molar-refractivity contribution in [2.24, 2.45) is 5.92 Å². The van der Waals surface area contributed by atoms with E-state index in [9.17, 15) is 14.0 Å². The normalized spacial score (nSPS) is 24.0. The van der Waals surface area contributed by atoms with Crippen molar-refractivity contribution < 1.29 is 14.0 Å². The average molecular weight is 428 g/mol. The zero-order chi connectivity index (χ0) is 22.1. The second kappa shape index (κ2) is 8.78. The summed E-state index contributed by atoms with van der Waals surface area (Å²) >= 11 is 0. The molecule has 2 amide bonds. The number of carbonyl (C=O) groups excluding carboxylic acids is 2. The third-order valence-corrected chi connectivity index (χ3v) is 6.19. The fourth-order valence-corrected chi connectivity index (χ4v) is 4.88. The van der Waals surface area contributed by atoms with Gasteiger partial charge in [0, 0.05) is 49.8 Å². The summed E-state index contributed by atoms with van der Waals surface area (Å²) in [5, 5.41) is 10.2. The first kappa shape index (κ1) is 21.5. The molecule has 1 aromatic heterocycles. The highest BCUT2D eigenvalue weighted by atomic mass is 19.1.